The average molecular weight is 613 g/mol. The smallest absolute Gasteiger partial charge is 0.282 e. The van der Waals surface area contributed by atoms with Gasteiger partial charge in [0.25, 0.3) is 5.91 Å². The molecule has 3 aromatic heterocycles. The van der Waals surface area contributed by atoms with Crippen LogP contribution in [0, 0.1) is 5.82 Å². The van der Waals surface area contributed by atoms with E-state index in [9.17, 15) is 18.7 Å². The summed E-state index contributed by atoms with van der Waals surface area (Å²) in [7, 11) is 0. The first kappa shape index (κ1) is 28.4. The second kappa shape index (κ2) is 10.9. The van der Waals surface area contributed by atoms with Crippen LogP contribution < -0.4 is 4.74 Å². The normalized spacial score (nSPS) is 16.0. The predicted molar refractivity (Wildman–Crippen MR) is 166 cm³/mol. The Hall–Kier alpha value is -4.41. The van der Waals surface area contributed by atoms with Gasteiger partial charge >= 0.3 is 0 Å². The number of aromatic nitrogens is 3. The lowest BCUT2D eigenvalue weighted by molar-refractivity contribution is -0.130. The van der Waals surface area contributed by atoms with Crippen molar-refractivity contribution in [2.75, 3.05) is 6.54 Å². The number of thiophene rings is 1. The number of aliphatic hydroxyl groups is 1. The molecule has 0 saturated carbocycles. The topological polar surface area (TPSA) is 80.5 Å². The standard InChI is InChI=1S/C34H30F2N4O3S/c1-18(2)43-29-15-22(36)7-8-24(29)30-32(27-16-23-17-39(34(42)19(3)35)11-12-40(23)38-27)37-31(25-10-13-44-33(25)30)21-5-4-20-6-9-28(41)26(20)14-21/h4-5,7-8,10,13-16,18,28,41H,3,6,9,11-12,17H2,1-2H3. The van der Waals surface area contributed by atoms with E-state index in [2.05, 4.69) is 12.6 Å². The number of benzene rings is 2. The molecule has 0 radical (unpaired) electrons. The Morgan fingerprint density at radius 1 is 1.14 bits per heavy atom. The van der Waals surface area contributed by atoms with Crippen molar-refractivity contribution in [2.24, 2.45) is 0 Å². The molecule has 4 heterocycles. The van der Waals surface area contributed by atoms with Crippen LogP contribution in [0.25, 0.3) is 43.9 Å². The van der Waals surface area contributed by atoms with Crippen LogP contribution in [0.4, 0.5) is 8.78 Å². The molecule has 1 aliphatic heterocycles. The van der Waals surface area contributed by atoms with Crippen LogP contribution in [0.15, 0.2) is 66.3 Å². The number of aliphatic hydroxyl groups excluding tert-OH is 1. The van der Waals surface area contributed by atoms with E-state index in [1.54, 1.807) is 17.4 Å². The van der Waals surface area contributed by atoms with Crippen molar-refractivity contribution in [2.45, 2.75) is 52.0 Å². The van der Waals surface area contributed by atoms with E-state index >= 15 is 0 Å². The Balaban J connectivity index is 1.46. The van der Waals surface area contributed by atoms with Gasteiger partial charge in [-0.3, -0.25) is 9.48 Å². The van der Waals surface area contributed by atoms with Crippen LogP contribution in [0.2, 0.25) is 0 Å². The largest absolute Gasteiger partial charge is 0.490 e. The average Bonchev–Trinajstić information content (AvgIpc) is 3.74. The number of nitrogens with zero attached hydrogens (tertiary/aromatic N) is 4. The Labute approximate surface area is 257 Å². The summed E-state index contributed by atoms with van der Waals surface area (Å²) in [6.07, 6.45) is 0.822. The van der Waals surface area contributed by atoms with E-state index in [1.807, 2.05) is 48.2 Å². The maximum absolute atomic E-state index is 14.5. The van der Waals surface area contributed by atoms with Crippen molar-refractivity contribution >= 4 is 27.3 Å². The minimum Gasteiger partial charge on any atom is -0.490 e. The van der Waals surface area contributed by atoms with Crippen LogP contribution >= 0.6 is 11.3 Å². The lowest BCUT2D eigenvalue weighted by Crippen LogP contribution is -2.38. The van der Waals surface area contributed by atoms with Gasteiger partial charge in [0.2, 0.25) is 0 Å². The Kier molecular flexibility index (Phi) is 7.05. The van der Waals surface area contributed by atoms with Crippen LogP contribution in [-0.2, 0) is 24.3 Å². The van der Waals surface area contributed by atoms with Gasteiger partial charge in [0.05, 0.1) is 36.7 Å². The Morgan fingerprint density at radius 2 is 1.98 bits per heavy atom. The van der Waals surface area contributed by atoms with Crippen molar-refractivity contribution in [3.63, 3.8) is 0 Å². The van der Waals surface area contributed by atoms with Gasteiger partial charge in [-0.15, -0.1) is 11.3 Å². The van der Waals surface area contributed by atoms with E-state index in [0.29, 0.717) is 42.2 Å². The van der Waals surface area contributed by atoms with Gasteiger partial charge in [-0.05, 0) is 73.5 Å². The van der Waals surface area contributed by atoms with Crippen LogP contribution in [-0.4, -0.2) is 43.3 Å². The van der Waals surface area contributed by atoms with Crippen LogP contribution in [0.5, 0.6) is 5.75 Å². The lowest BCUT2D eigenvalue weighted by Gasteiger charge is -2.26. The number of hydrogen-bond acceptors (Lipinski definition) is 6. The van der Waals surface area contributed by atoms with E-state index in [4.69, 9.17) is 14.8 Å². The summed E-state index contributed by atoms with van der Waals surface area (Å²) < 4.78 is 37.1. The molecule has 2 aliphatic rings. The van der Waals surface area contributed by atoms with Gasteiger partial charge < -0.3 is 14.7 Å². The first-order valence-electron chi connectivity index (χ1n) is 14.6. The highest BCUT2D eigenvalue weighted by Crippen LogP contribution is 2.47. The number of aryl methyl sites for hydroxylation is 1. The third kappa shape index (κ3) is 4.88. The molecule has 7 nitrogen and oxygen atoms in total. The minimum absolute atomic E-state index is 0.180. The van der Waals surface area contributed by atoms with Crippen LogP contribution in [0.1, 0.15) is 43.2 Å². The molecule has 0 bridgehead atoms. The zero-order valence-corrected chi connectivity index (χ0v) is 25.1. The SMILES string of the molecule is C=C(F)C(=O)N1CCn2nc(-c3nc(-c4ccc5c(c4)C(O)CC5)c4ccsc4c3-c3ccc(F)cc3OC(C)C)cc2C1. The molecule has 224 valence electrons. The lowest BCUT2D eigenvalue weighted by atomic mass is 9.95. The Bertz CT molecular complexity index is 1960. The molecule has 2 aromatic carbocycles. The van der Waals surface area contributed by atoms with Crippen LogP contribution in [0.3, 0.4) is 0 Å². The quantitative estimate of drug-likeness (QED) is 0.205. The molecule has 1 amide bonds. The summed E-state index contributed by atoms with van der Waals surface area (Å²) in [5.74, 6) is -1.75. The molecular formula is C34H30F2N4O3S. The molecule has 1 unspecified atom stereocenters. The number of pyridine rings is 1. The highest BCUT2D eigenvalue weighted by atomic mass is 32.1. The van der Waals surface area contributed by atoms with Gasteiger partial charge in [-0.2, -0.15) is 5.10 Å². The summed E-state index contributed by atoms with van der Waals surface area (Å²) in [5.41, 5.74) is 7.00. The third-order valence-electron chi connectivity index (χ3n) is 8.21. The monoisotopic (exact) mass is 612 g/mol. The fourth-order valence-corrected chi connectivity index (χ4v) is 7.15. The molecule has 1 N–H and O–H groups in total. The second-order valence-corrected chi connectivity index (χ2v) is 12.4. The fraction of sp³-hybridized carbons (Fsp3) is 0.265. The molecule has 0 spiro atoms. The van der Waals surface area contributed by atoms with Gasteiger partial charge in [0.1, 0.15) is 23.0 Å². The van der Waals surface area contributed by atoms with Gasteiger partial charge in [0, 0.05) is 39.4 Å². The number of rotatable bonds is 6. The van der Waals surface area contributed by atoms with Gasteiger partial charge in [-0.1, -0.05) is 18.7 Å². The van der Waals surface area contributed by atoms with Crippen molar-refractivity contribution < 1.29 is 23.4 Å². The molecule has 10 heteroatoms. The number of ether oxygens (including phenoxy) is 1. The molecule has 5 aromatic rings. The first-order valence-corrected chi connectivity index (χ1v) is 15.5. The molecule has 1 aliphatic carbocycles. The van der Waals surface area contributed by atoms with Gasteiger partial charge in [0.15, 0.2) is 5.83 Å². The summed E-state index contributed by atoms with van der Waals surface area (Å²) >= 11 is 1.55. The number of carbonyl (C=O) groups excluding carboxylic acids is 1. The highest BCUT2D eigenvalue weighted by Gasteiger charge is 2.29. The van der Waals surface area contributed by atoms with Gasteiger partial charge in [-0.25, -0.2) is 13.8 Å². The molecular weight excluding hydrogens is 582 g/mol. The fourth-order valence-electron chi connectivity index (χ4n) is 6.19. The molecule has 0 fully saturated rings. The molecule has 1 atom stereocenters. The van der Waals surface area contributed by atoms with Crippen molar-refractivity contribution in [3.05, 3.63) is 89.0 Å². The minimum atomic E-state index is -0.997. The molecule has 7 rings (SSSR count). The molecule has 44 heavy (non-hydrogen) atoms. The second-order valence-electron chi connectivity index (χ2n) is 11.5. The third-order valence-corrected chi connectivity index (χ3v) is 9.14. The number of fused-ring (bicyclic) bond motifs is 3. The molecule has 0 saturated heterocycles. The number of halogens is 2. The summed E-state index contributed by atoms with van der Waals surface area (Å²) in [6.45, 7) is 7.81. The van der Waals surface area contributed by atoms with Crippen molar-refractivity contribution in [1.29, 1.82) is 0 Å². The van der Waals surface area contributed by atoms with Crippen molar-refractivity contribution in [3.8, 4) is 39.5 Å². The summed E-state index contributed by atoms with van der Waals surface area (Å²) in [6, 6.07) is 14.5. The zero-order valence-electron chi connectivity index (χ0n) is 24.3. The maximum Gasteiger partial charge on any atom is 0.282 e. The highest BCUT2D eigenvalue weighted by molar-refractivity contribution is 7.18. The number of carbonyl (C=O) groups is 1. The van der Waals surface area contributed by atoms with E-state index in [-0.39, 0.29) is 12.6 Å². The maximum atomic E-state index is 14.5. The summed E-state index contributed by atoms with van der Waals surface area (Å²) in [4.78, 5) is 19.0. The van der Waals surface area contributed by atoms with Crippen molar-refractivity contribution in [1.82, 2.24) is 19.7 Å². The summed E-state index contributed by atoms with van der Waals surface area (Å²) in [5, 5.41) is 18.5. The zero-order chi connectivity index (χ0) is 30.7. The number of hydrogen-bond donors (Lipinski definition) is 1. The first-order chi connectivity index (χ1) is 21.2. The Morgan fingerprint density at radius 3 is 2.77 bits per heavy atom. The van der Waals surface area contributed by atoms with E-state index in [0.717, 1.165) is 50.1 Å². The van der Waals surface area contributed by atoms with E-state index in [1.165, 1.54) is 17.0 Å². The number of amides is 1. The predicted octanol–water partition coefficient (Wildman–Crippen LogP) is 7.23. The van der Waals surface area contributed by atoms with E-state index < -0.39 is 23.7 Å².